The SMILES string of the molecule is CON(C)C(=O)CC1CN=C(C2Cc3cccc(N(C)S(=O)(=O)c4cccs4)c3N2)S1. The molecule has 0 saturated carbocycles. The summed E-state index contributed by atoms with van der Waals surface area (Å²) in [6.45, 7) is 0.581. The average Bonchev–Trinajstić information content (AvgIpc) is 3.52. The lowest BCUT2D eigenvalue weighted by Crippen LogP contribution is -2.29. The Balaban J connectivity index is 1.48. The Morgan fingerprint density at radius 1 is 1.29 bits per heavy atom. The predicted molar refractivity (Wildman–Crippen MR) is 126 cm³/mol. The van der Waals surface area contributed by atoms with Crippen LogP contribution < -0.4 is 9.62 Å². The minimum absolute atomic E-state index is 0.0285. The van der Waals surface area contributed by atoms with Crippen LogP contribution in [0.5, 0.6) is 0 Å². The third kappa shape index (κ3) is 4.32. The number of para-hydroxylation sites is 1. The largest absolute Gasteiger partial charge is 0.374 e. The Hall–Kier alpha value is -2.08. The monoisotopic (exact) mass is 480 g/mol. The highest BCUT2D eigenvalue weighted by molar-refractivity contribution is 8.15. The summed E-state index contributed by atoms with van der Waals surface area (Å²) in [5.74, 6) is -0.0817. The van der Waals surface area contributed by atoms with Gasteiger partial charge in [0.2, 0.25) is 5.91 Å². The summed E-state index contributed by atoms with van der Waals surface area (Å²) in [5.41, 5.74) is 2.49. The quantitative estimate of drug-likeness (QED) is 0.613. The standard InChI is InChI=1S/C20H24N4O4S3/c1-23(28-3)17(25)11-14-12-21-20(30-14)15-10-13-6-4-7-16(19(13)22-15)24(2)31(26,27)18-8-5-9-29-18/h4-9,14-15,22H,10-12H2,1-3H3. The third-order valence-corrected chi connectivity index (χ3v) is 9.83. The first-order chi connectivity index (χ1) is 14.8. The molecule has 0 aliphatic carbocycles. The number of fused-ring (bicyclic) bond motifs is 1. The highest BCUT2D eigenvalue weighted by Crippen LogP contribution is 2.40. The van der Waals surface area contributed by atoms with Crippen molar-refractivity contribution in [1.82, 2.24) is 5.06 Å². The number of hydroxylamine groups is 2. The van der Waals surface area contributed by atoms with Crippen LogP contribution in [0.3, 0.4) is 0 Å². The van der Waals surface area contributed by atoms with Gasteiger partial charge in [-0.15, -0.1) is 23.1 Å². The van der Waals surface area contributed by atoms with Crippen LogP contribution in [0.4, 0.5) is 11.4 Å². The lowest BCUT2D eigenvalue weighted by molar-refractivity contribution is -0.168. The summed E-state index contributed by atoms with van der Waals surface area (Å²) in [4.78, 5) is 21.7. The Bertz CT molecular complexity index is 1100. The molecule has 3 heterocycles. The third-order valence-electron chi connectivity index (χ3n) is 5.38. The van der Waals surface area contributed by atoms with E-state index in [1.807, 2.05) is 18.2 Å². The number of sulfonamides is 1. The fourth-order valence-electron chi connectivity index (χ4n) is 3.62. The second kappa shape index (κ2) is 8.81. The van der Waals surface area contributed by atoms with Gasteiger partial charge in [-0.2, -0.15) is 0 Å². The number of thioether (sulfide) groups is 1. The molecule has 11 heteroatoms. The van der Waals surface area contributed by atoms with E-state index in [9.17, 15) is 13.2 Å². The maximum absolute atomic E-state index is 13.0. The zero-order chi connectivity index (χ0) is 22.2. The molecule has 1 aromatic heterocycles. The van der Waals surface area contributed by atoms with Crippen LogP contribution in [0.2, 0.25) is 0 Å². The van der Waals surface area contributed by atoms with E-state index in [1.165, 1.54) is 27.8 Å². The van der Waals surface area contributed by atoms with Crippen LogP contribution in [-0.2, 0) is 26.1 Å². The van der Waals surface area contributed by atoms with Crippen molar-refractivity contribution in [3.8, 4) is 0 Å². The topological polar surface area (TPSA) is 91.3 Å². The Labute approximate surface area is 190 Å². The van der Waals surface area contributed by atoms with Crippen LogP contribution in [0.25, 0.3) is 0 Å². The molecule has 2 aromatic rings. The average molecular weight is 481 g/mol. The van der Waals surface area contributed by atoms with E-state index in [4.69, 9.17) is 4.84 Å². The van der Waals surface area contributed by atoms with Crippen molar-refractivity contribution in [3.63, 3.8) is 0 Å². The number of benzene rings is 1. The van der Waals surface area contributed by atoms with Crippen LogP contribution in [0, 0.1) is 0 Å². The highest BCUT2D eigenvalue weighted by Gasteiger charge is 2.34. The second-order valence-electron chi connectivity index (χ2n) is 7.31. The van der Waals surface area contributed by atoms with Gasteiger partial charge in [0.05, 0.1) is 36.1 Å². The number of hydrogen-bond donors (Lipinski definition) is 1. The lowest BCUT2D eigenvalue weighted by atomic mass is 10.1. The summed E-state index contributed by atoms with van der Waals surface area (Å²) < 4.78 is 27.6. The van der Waals surface area contributed by atoms with Gasteiger partial charge in [0.15, 0.2) is 0 Å². The minimum atomic E-state index is -3.62. The fourth-order valence-corrected chi connectivity index (χ4v) is 7.16. The van der Waals surface area contributed by atoms with Gasteiger partial charge < -0.3 is 5.32 Å². The number of thiophene rings is 1. The normalized spacial score (nSPS) is 20.2. The van der Waals surface area contributed by atoms with Gasteiger partial charge in [0, 0.05) is 32.2 Å². The van der Waals surface area contributed by atoms with Crippen molar-refractivity contribution in [2.45, 2.75) is 28.3 Å². The van der Waals surface area contributed by atoms with Crippen molar-refractivity contribution >= 4 is 55.4 Å². The van der Waals surface area contributed by atoms with Crippen molar-refractivity contribution in [1.29, 1.82) is 0 Å². The summed E-state index contributed by atoms with van der Waals surface area (Å²) in [6, 6.07) is 9.01. The predicted octanol–water partition coefficient (Wildman–Crippen LogP) is 2.83. The van der Waals surface area contributed by atoms with Crippen molar-refractivity contribution in [2.75, 3.05) is 37.4 Å². The molecule has 0 saturated heterocycles. The number of rotatable bonds is 7. The molecule has 2 unspecified atom stereocenters. The zero-order valence-corrected chi connectivity index (χ0v) is 19.9. The second-order valence-corrected chi connectivity index (χ2v) is 11.8. The molecule has 0 bridgehead atoms. The maximum atomic E-state index is 13.0. The van der Waals surface area contributed by atoms with Crippen LogP contribution in [0.15, 0.2) is 44.9 Å². The molecule has 0 fully saturated rings. The zero-order valence-electron chi connectivity index (χ0n) is 17.4. The van der Waals surface area contributed by atoms with Crippen molar-refractivity contribution < 1.29 is 18.0 Å². The van der Waals surface area contributed by atoms with E-state index in [1.54, 1.807) is 43.4 Å². The molecule has 8 nitrogen and oxygen atoms in total. The summed E-state index contributed by atoms with van der Waals surface area (Å²) in [5, 5.41) is 7.49. The molecule has 4 rings (SSSR count). The Morgan fingerprint density at radius 2 is 2.10 bits per heavy atom. The molecule has 166 valence electrons. The van der Waals surface area contributed by atoms with E-state index in [-0.39, 0.29) is 17.2 Å². The Kier molecular flexibility index (Phi) is 6.29. The molecule has 2 atom stereocenters. The van der Waals surface area contributed by atoms with E-state index < -0.39 is 10.0 Å². The molecule has 2 aliphatic heterocycles. The van der Waals surface area contributed by atoms with Gasteiger partial charge >= 0.3 is 0 Å². The van der Waals surface area contributed by atoms with Crippen LogP contribution in [-0.4, -0.2) is 63.5 Å². The first-order valence-corrected chi connectivity index (χ1v) is 12.9. The van der Waals surface area contributed by atoms with Crippen LogP contribution in [0.1, 0.15) is 12.0 Å². The van der Waals surface area contributed by atoms with Gasteiger partial charge in [-0.3, -0.25) is 18.9 Å². The first-order valence-electron chi connectivity index (χ1n) is 9.73. The van der Waals surface area contributed by atoms with Gasteiger partial charge in [-0.05, 0) is 23.1 Å². The summed E-state index contributed by atoms with van der Waals surface area (Å²) >= 11 is 2.81. The minimum Gasteiger partial charge on any atom is -0.374 e. The van der Waals surface area contributed by atoms with Gasteiger partial charge in [0.1, 0.15) is 4.21 Å². The first kappa shape index (κ1) is 22.1. The number of carbonyl (C=O) groups is 1. The van der Waals surface area contributed by atoms with E-state index in [0.717, 1.165) is 22.7 Å². The number of nitrogens with zero attached hydrogens (tertiary/aromatic N) is 3. The van der Waals surface area contributed by atoms with Gasteiger partial charge in [-0.25, -0.2) is 13.5 Å². The molecule has 1 N–H and O–H groups in total. The maximum Gasteiger partial charge on any atom is 0.273 e. The van der Waals surface area contributed by atoms with E-state index in [2.05, 4.69) is 10.3 Å². The number of anilines is 2. The molecular formula is C20H24N4O4S3. The summed E-state index contributed by atoms with van der Waals surface area (Å²) in [7, 11) is 1.03. The fraction of sp³-hybridized carbons (Fsp3) is 0.400. The number of amides is 1. The number of aliphatic imine (C=N–C) groups is 1. The van der Waals surface area contributed by atoms with E-state index in [0.29, 0.717) is 22.9 Å². The molecule has 31 heavy (non-hydrogen) atoms. The number of carbonyl (C=O) groups excluding carboxylic acids is 1. The number of nitrogens with one attached hydrogen (secondary N) is 1. The highest BCUT2D eigenvalue weighted by atomic mass is 32.2. The van der Waals surface area contributed by atoms with Crippen molar-refractivity contribution in [3.05, 3.63) is 41.3 Å². The van der Waals surface area contributed by atoms with Crippen LogP contribution >= 0.6 is 23.1 Å². The number of hydrogen-bond acceptors (Lipinski definition) is 8. The molecule has 0 radical (unpaired) electrons. The lowest BCUT2D eigenvalue weighted by Gasteiger charge is -2.22. The van der Waals surface area contributed by atoms with Gasteiger partial charge in [-0.1, -0.05) is 18.2 Å². The molecule has 1 amide bonds. The molecular weight excluding hydrogens is 456 g/mol. The van der Waals surface area contributed by atoms with Gasteiger partial charge in [0.25, 0.3) is 10.0 Å². The summed E-state index contributed by atoms with van der Waals surface area (Å²) in [6.07, 6.45) is 1.08. The van der Waals surface area contributed by atoms with Crippen molar-refractivity contribution in [2.24, 2.45) is 4.99 Å². The molecule has 2 aliphatic rings. The molecule has 1 aromatic carbocycles. The van der Waals surface area contributed by atoms with E-state index >= 15 is 0 Å². The molecule has 0 spiro atoms. The Morgan fingerprint density at radius 3 is 2.81 bits per heavy atom. The smallest absolute Gasteiger partial charge is 0.273 e.